The average Bonchev–Trinajstić information content (AvgIpc) is 2.78. The summed E-state index contributed by atoms with van der Waals surface area (Å²) >= 11 is 0. The number of hydrogen-bond donors (Lipinski definition) is 2. The monoisotopic (exact) mass is 288 g/mol. The molecule has 1 aromatic carbocycles. The summed E-state index contributed by atoms with van der Waals surface area (Å²) in [5, 5.41) is 13.2. The highest BCUT2D eigenvalue weighted by atomic mass is 19.1. The summed E-state index contributed by atoms with van der Waals surface area (Å²) in [6.45, 7) is 1.70. The minimum Gasteiger partial charge on any atom is -0.285 e. The van der Waals surface area contributed by atoms with Crippen LogP contribution in [0.25, 0.3) is 0 Å². The number of nitrogens with zero attached hydrogens (tertiary/aromatic N) is 3. The molecule has 0 amide bonds. The third kappa shape index (κ3) is 4.28. The van der Waals surface area contributed by atoms with E-state index in [1.165, 1.54) is 25.0 Å². The lowest BCUT2D eigenvalue weighted by Crippen LogP contribution is -2.36. The van der Waals surface area contributed by atoms with Crippen molar-refractivity contribution in [2.24, 2.45) is 10.8 Å². The van der Waals surface area contributed by atoms with E-state index < -0.39 is 0 Å². The van der Waals surface area contributed by atoms with Gasteiger partial charge in [0.25, 0.3) is 0 Å². The molecule has 1 heterocycles. The average molecular weight is 288 g/mol. The molecule has 1 aliphatic heterocycles. The molecule has 0 spiro atoms. The number of halogens is 1. The predicted molar refractivity (Wildman–Crippen MR) is 80.7 cm³/mol. The summed E-state index contributed by atoms with van der Waals surface area (Å²) < 4.78 is 14.8. The molecule has 1 saturated heterocycles. The largest absolute Gasteiger partial charge is 0.306 e. The number of hydrazone groups is 1. The van der Waals surface area contributed by atoms with Crippen molar-refractivity contribution in [1.82, 2.24) is 0 Å². The van der Waals surface area contributed by atoms with Crippen LogP contribution in [0.5, 0.6) is 0 Å². The first-order valence-electron chi connectivity index (χ1n) is 7.08. The smallest absolute Gasteiger partial charge is 0.285 e. The van der Waals surface area contributed by atoms with Gasteiger partial charge in [-0.3, -0.25) is 15.7 Å². The quantitative estimate of drug-likeness (QED) is 0.387. The fraction of sp³-hybridized carbons (Fsp3) is 0.400. The van der Waals surface area contributed by atoms with Gasteiger partial charge in [-0.2, -0.15) is 10.4 Å². The van der Waals surface area contributed by atoms with Gasteiger partial charge in [0.2, 0.25) is 5.71 Å². The van der Waals surface area contributed by atoms with E-state index in [4.69, 9.17) is 5.73 Å². The molecule has 3 N–H and O–H groups in total. The number of nitrogens with two attached hydrogens (primary N) is 1. The first-order chi connectivity index (χ1) is 10.2. The molecule has 0 radical (unpaired) electrons. The summed E-state index contributed by atoms with van der Waals surface area (Å²) in [6, 6.07) is 7.76. The molecule has 1 fully saturated rings. The first kappa shape index (κ1) is 15.0. The van der Waals surface area contributed by atoms with Crippen molar-refractivity contribution in [3.05, 3.63) is 30.1 Å². The lowest BCUT2D eigenvalue weighted by Gasteiger charge is -2.06. The van der Waals surface area contributed by atoms with Gasteiger partial charge in [0.15, 0.2) is 0 Å². The Hall–Kier alpha value is -2.42. The SMILES string of the molecule is N#C/C(=N\Nc1ccc(F)cc1)C(N)=[N+]1CCCCCC1. The summed E-state index contributed by atoms with van der Waals surface area (Å²) in [6.07, 6.45) is 4.53. The Kier molecular flexibility index (Phi) is 5.27. The van der Waals surface area contributed by atoms with Gasteiger partial charge in [-0.05, 0) is 49.9 Å². The number of nitriles is 1. The third-order valence-electron chi connectivity index (χ3n) is 3.44. The maximum atomic E-state index is 12.8. The van der Waals surface area contributed by atoms with Crippen LogP contribution in [0.4, 0.5) is 10.1 Å². The maximum Gasteiger partial charge on any atom is 0.306 e. The van der Waals surface area contributed by atoms with E-state index in [9.17, 15) is 9.65 Å². The fourth-order valence-corrected chi connectivity index (χ4v) is 2.25. The van der Waals surface area contributed by atoms with Crippen LogP contribution in [0.1, 0.15) is 25.7 Å². The van der Waals surface area contributed by atoms with E-state index >= 15 is 0 Å². The van der Waals surface area contributed by atoms with Crippen LogP contribution in [-0.4, -0.2) is 29.2 Å². The number of rotatable bonds is 3. The van der Waals surface area contributed by atoms with Crippen LogP contribution in [0.2, 0.25) is 0 Å². The standard InChI is InChI=1S/C15H18FN5/c16-12-5-7-13(8-6-12)19-20-14(11-17)15(18)21-9-3-1-2-4-10-21/h5-8H,1-4,9-10H2,(H2,18,19)/p+1. The lowest BCUT2D eigenvalue weighted by atomic mass is 10.2. The lowest BCUT2D eigenvalue weighted by molar-refractivity contribution is -0.525. The zero-order chi connectivity index (χ0) is 15.1. The van der Waals surface area contributed by atoms with Crippen LogP contribution < -0.4 is 11.2 Å². The van der Waals surface area contributed by atoms with Crippen LogP contribution in [-0.2, 0) is 0 Å². The van der Waals surface area contributed by atoms with Crippen molar-refractivity contribution >= 4 is 17.2 Å². The van der Waals surface area contributed by atoms with Crippen molar-refractivity contribution in [3.63, 3.8) is 0 Å². The molecular formula is C15H19FN5+. The van der Waals surface area contributed by atoms with Gasteiger partial charge in [-0.1, -0.05) is 0 Å². The topological polar surface area (TPSA) is 77.2 Å². The molecule has 0 bridgehead atoms. The Labute approximate surface area is 123 Å². The molecule has 0 aromatic heterocycles. The van der Waals surface area contributed by atoms with Crippen molar-refractivity contribution in [1.29, 1.82) is 5.26 Å². The predicted octanol–water partition coefficient (Wildman–Crippen LogP) is 2.06. The molecule has 0 saturated carbocycles. The van der Waals surface area contributed by atoms with Crippen molar-refractivity contribution < 1.29 is 8.97 Å². The van der Waals surface area contributed by atoms with Crippen molar-refractivity contribution in [3.8, 4) is 6.07 Å². The van der Waals surface area contributed by atoms with Crippen LogP contribution in [0.15, 0.2) is 29.4 Å². The van der Waals surface area contributed by atoms with Crippen LogP contribution >= 0.6 is 0 Å². The number of nitrogens with one attached hydrogen (secondary N) is 1. The van der Waals surface area contributed by atoms with Crippen molar-refractivity contribution in [2.75, 3.05) is 18.5 Å². The highest BCUT2D eigenvalue weighted by Gasteiger charge is 2.17. The number of benzene rings is 1. The number of hydrogen-bond acceptors (Lipinski definition) is 3. The zero-order valence-electron chi connectivity index (χ0n) is 11.8. The van der Waals surface area contributed by atoms with E-state index in [0.29, 0.717) is 11.5 Å². The summed E-state index contributed by atoms with van der Waals surface area (Å²) in [7, 11) is 0. The highest BCUT2D eigenvalue weighted by molar-refractivity contribution is 6.45. The fourth-order valence-electron chi connectivity index (χ4n) is 2.25. The molecule has 0 atom stereocenters. The zero-order valence-corrected chi connectivity index (χ0v) is 11.8. The normalized spacial score (nSPS) is 16.0. The number of amidine groups is 1. The Morgan fingerprint density at radius 2 is 1.81 bits per heavy atom. The maximum absolute atomic E-state index is 12.8. The Morgan fingerprint density at radius 3 is 2.38 bits per heavy atom. The third-order valence-corrected chi connectivity index (χ3v) is 3.44. The molecule has 1 aromatic rings. The molecule has 0 aliphatic carbocycles. The molecule has 2 rings (SSSR count). The van der Waals surface area contributed by atoms with Gasteiger partial charge in [0.1, 0.15) is 11.9 Å². The molecular weight excluding hydrogens is 269 g/mol. The second-order valence-electron chi connectivity index (χ2n) is 4.98. The number of anilines is 1. The van der Waals surface area contributed by atoms with E-state index in [1.807, 2.05) is 10.6 Å². The van der Waals surface area contributed by atoms with Gasteiger partial charge in [-0.15, -0.1) is 0 Å². The minimum absolute atomic E-state index is 0.154. The molecule has 110 valence electrons. The Bertz CT molecular complexity index is 573. The molecule has 1 aliphatic rings. The van der Waals surface area contributed by atoms with Gasteiger partial charge >= 0.3 is 5.84 Å². The minimum atomic E-state index is -0.319. The van der Waals surface area contributed by atoms with E-state index in [1.54, 1.807) is 12.1 Å². The van der Waals surface area contributed by atoms with E-state index in [-0.39, 0.29) is 11.5 Å². The Balaban J connectivity index is 2.14. The van der Waals surface area contributed by atoms with Gasteiger partial charge < -0.3 is 0 Å². The first-order valence-corrected chi connectivity index (χ1v) is 7.08. The summed E-state index contributed by atoms with van der Waals surface area (Å²) in [5.41, 5.74) is 9.54. The van der Waals surface area contributed by atoms with Crippen LogP contribution in [0, 0.1) is 17.1 Å². The molecule has 5 nitrogen and oxygen atoms in total. The van der Waals surface area contributed by atoms with E-state index in [2.05, 4.69) is 10.5 Å². The molecule has 6 heteroatoms. The Morgan fingerprint density at radius 1 is 1.19 bits per heavy atom. The molecule has 21 heavy (non-hydrogen) atoms. The van der Waals surface area contributed by atoms with Gasteiger partial charge in [-0.25, -0.2) is 4.39 Å². The van der Waals surface area contributed by atoms with Crippen LogP contribution in [0.3, 0.4) is 0 Å². The van der Waals surface area contributed by atoms with Crippen molar-refractivity contribution in [2.45, 2.75) is 25.7 Å². The summed E-state index contributed by atoms with van der Waals surface area (Å²) in [5.74, 6) is 0.0784. The van der Waals surface area contributed by atoms with Gasteiger partial charge in [0.05, 0.1) is 18.8 Å². The summed E-state index contributed by atoms with van der Waals surface area (Å²) in [4.78, 5) is 0. The highest BCUT2D eigenvalue weighted by Crippen LogP contribution is 2.08. The van der Waals surface area contributed by atoms with E-state index in [0.717, 1.165) is 25.9 Å². The molecule has 0 unspecified atom stereocenters. The second-order valence-corrected chi connectivity index (χ2v) is 4.98. The van der Waals surface area contributed by atoms with Gasteiger partial charge in [0, 0.05) is 0 Å². The second kappa shape index (κ2) is 7.39.